The summed E-state index contributed by atoms with van der Waals surface area (Å²) < 4.78 is 0. The topological polar surface area (TPSA) is 130 Å². The van der Waals surface area contributed by atoms with E-state index in [-0.39, 0.29) is 31.2 Å². The van der Waals surface area contributed by atoms with Crippen LogP contribution >= 0.6 is 0 Å². The van der Waals surface area contributed by atoms with Gasteiger partial charge in [0.05, 0.1) is 6.10 Å². The van der Waals surface area contributed by atoms with Crippen molar-refractivity contribution in [2.75, 3.05) is 19.6 Å². The van der Waals surface area contributed by atoms with E-state index in [9.17, 15) is 14.7 Å². The van der Waals surface area contributed by atoms with Gasteiger partial charge in [-0.05, 0) is 32.7 Å². The summed E-state index contributed by atoms with van der Waals surface area (Å²) in [6.45, 7) is 3.14. The van der Waals surface area contributed by atoms with Gasteiger partial charge in [0.25, 0.3) is 0 Å². The molecule has 0 aromatic carbocycles. The van der Waals surface area contributed by atoms with E-state index >= 15 is 0 Å². The molecular weight excluding hydrogens is 296 g/mol. The van der Waals surface area contributed by atoms with Crippen molar-refractivity contribution in [1.82, 2.24) is 10.6 Å². The van der Waals surface area contributed by atoms with Crippen molar-refractivity contribution in [3.05, 3.63) is 24.3 Å². The zero-order valence-corrected chi connectivity index (χ0v) is 13.8. The molecule has 7 N–H and O–H groups in total. The maximum Gasteiger partial charge on any atom is 0.244 e. The smallest absolute Gasteiger partial charge is 0.244 e. The zero-order chi connectivity index (χ0) is 17.5. The summed E-state index contributed by atoms with van der Waals surface area (Å²) >= 11 is 0. The van der Waals surface area contributed by atoms with Crippen molar-refractivity contribution in [2.45, 2.75) is 44.8 Å². The lowest BCUT2D eigenvalue weighted by atomic mass is 10.1. The molecule has 0 aliphatic rings. The Labute approximate surface area is 138 Å². The lowest BCUT2D eigenvalue weighted by molar-refractivity contribution is -0.121. The van der Waals surface area contributed by atoms with Gasteiger partial charge in [-0.25, -0.2) is 0 Å². The largest absolute Gasteiger partial charge is 0.391 e. The maximum absolute atomic E-state index is 11.6. The van der Waals surface area contributed by atoms with Crippen LogP contribution in [0.2, 0.25) is 0 Å². The Balaban J connectivity index is 3.85. The Morgan fingerprint density at radius 3 is 2.61 bits per heavy atom. The molecule has 132 valence electrons. The van der Waals surface area contributed by atoms with Crippen LogP contribution in [-0.4, -0.2) is 48.7 Å². The van der Waals surface area contributed by atoms with E-state index in [0.717, 1.165) is 12.8 Å². The first-order valence-corrected chi connectivity index (χ1v) is 7.97. The number of nitrogens with two attached hydrogens (primary N) is 2. The number of carbonyl (C=O) groups is 2. The molecule has 0 fully saturated rings. The summed E-state index contributed by atoms with van der Waals surface area (Å²) in [6, 6.07) is -0.449. The molecule has 0 saturated heterocycles. The second-order valence-corrected chi connectivity index (χ2v) is 5.33. The maximum atomic E-state index is 11.6. The quantitative estimate of drug-likeness (QED) is 0.188. The number of aliphatic hydroxyl groups is 1. The zero-order valence-electron chi connectivity index (χ0n) is 13.8. The van der Waals surface area contributed by atoms with Crippen LogP contribution in [0, 0.1) is 0 Å². The predicted molar refractivity (Wildman–Crippen MR) is 91.5 cm³/mol. The molecule has 0 bridgehead atoms. The monoisotopic (exact) mass is 326 g/mol. The number of rotatable bonds is 12. The van der Waals surface area contributed by atoms with E-state index < -0.39 is 12.1 Å². The van der Waals surface area contributed by atoms with Crippen molar-refractivity contribution in [3.63, 3.8) is 0 Å². The molecule has 0 aliphatic carbocycles. The van der Waals surface area contributed by atoms with Gasteiger partial charge in [-0.1, -0.05) is 18.2 Å². The molecule has 0 heterocycles. The van der Waals surface area contributed by atoms with E-state index in [1.807, 2.05) is 6.92 Å². The highest BCUT2D eigenvalue weighted by atomic mass is 16.3. The van der Waals surface area contributed by atoms with Gasteiger partial charge >= 0.3 is 0 Å². The SMILES string of the molecule is C/C=C\C=C\C(=O)NC[C@H](O)C[C@@H](N)CC(=O)NCCCCN. The summed E-state index contributed by atoms with van der Waals surface area (Å²) in [4.78, 5) is 23.0. The first kappa shape index (κ1) is 21.3. The normalized spacial score (nSPS) is 14.1. The summed E-state index contributed by atoms with van der Waals surface area (Å²) in [6.07, 6.45) is 7.85. The van der Waals surface area contributed by atoms with Crippen molar-refractivity contribution >= 4 is 11.8 Å². The second-order valence-electron chi connectivity index (χ2n) is 5.33. The van der Waals surface area contributed by atoms with Gasteiger partial charge in [-0.3, -0.25) is 9.59 Å². The van der Waals surface area contributed by atoms with Gasteiger partial charge in [0, 0.05) is 31.6 Å². The third-order valence-electron chi connectivity index (χ3n) is 3.04. The number of hydrogen-bond donors (Lipinski definition) is 5. The molecule has 2 amide bonds. The minimum absolute atomic E-state index is 0.102. The van der Waals surface area contributed by atoms with Gasteiger partial charge < -0.3 is 27.2 Å². The van der Waals surface area contributed by atoms with E-state index in [1.165, 1.54) is 6.08 Å². The molecule has 0 aromatic rings. The lowest BCUT2D eigenvalue weighted by Crippen LogP contribution is -2.38. The fourth-order valence-corrected chi connectivity index (χ4v) is 1.85. The van der Waals surface area contributed by atoms with Crippen molar-refractivity contribution in [3.8, 4) is 0 Å². The molecule has 0 saturated carbocycles. The van der Waals surface area contributed by atoms with Gasteiger partial charge in [-0.15, -0.1) is 0 Å². The number of allylic oxidation sites excluding steroid dienone is 3. The average molecular weight is 326 g/mol. The first-order valence-electron chi connectivity index (χ1n) is 7.97. The Bertz CT molecular complexity index is 397. The van der Waals surface area contributed by atoms with Gasteiger partial charge in [0.1, 0.15) is 0 Å². The average Bonchev–Trinajstić information content (AvgIpc) is 2.49. The van der Waals surface area contributed by atoms with Crippen LogP contribution in [0.25, 0.3) is 0 Å². The highest BCUT2D eigenvalue weighted by Gasteiger charge is 2.14. The lowest BCUT2D eigenvalue weighted by Gasteiger charge is -2.16. The van der Waals surface area contributed by atoms with E-state index in [4.69, 9.17) is 11.5 Å². The molecule has 0 aliphatic heterocycles. The summed E-state index contributed by atoms with van der Waals surface area (Å²) in [5.41, 5.74) is 11.2. The third-order valence-corrected chi connectivity index (χ3v) is 3.04. The van der Waals surface area contributed by atoms with Gasteiger partial charge in [-0.2, -0.15) is 0 Å². The number of nitrogens with one attached hydrogen (secondary N) is 2. The van der Waals surface area contributed by atoms with E-state index in [0.29, 0.717) is 13.1 Å². The molecule has 0 radical (unpaired) electrons. The number of unbranched alkanes of at least 4 members (excludes halogenated alkanes) is 1. The minimum Gasteiger partial charge on any atom is -0.391 e. The molecule has 2 atom stereocenters. The van der Waals surface area contributed by atoms with Gasteiger partial charge in [0.2, 0.25) is 11.8 Å². The van der Waals surface area contributed by atoms with Crippen molar-refractivity contribution in [2.24, 2.45) is 11.5 Å². The van der Waals surface area contributed by atoms with Crippen molar-refractivity contribution in [1.29, 1.82) is 0 Å². The Morgan fingerprint density at radius 1 is 1.22 bits per heavy atom. The standard InChI is InChI=1S/C16H30N4O3/c1-2-3-4-7-15(22)20-12-14(21)10-13(18)11-16(23)19-9-6-5-8-17/h2-4,7,13-14,21H,5-6,8-12,17-18H2,1H3,(H,19,23)(H,20,22)/b3-2-,7-4+/t13-,14-/m1/s1. The number of amides is 2. The summed E-state index contributed by atoms with van der Waals surface area (Å²) in [5.74, 6) is -0.423. The second kappa shape index (κ2) is 13.9. The minimum atomic E-state index is -0.783. The Hall–Kier alpha value is -1.70. The molecule has 0 spiro atoms. The third kappa shape index (κ3) is 13.7. The number of hydrogen-bond acceptors (Lipinski definition) is 5. The number of carbonyl (C=O) groups excluding carboxylic acids is 2. The molecular formula is C16H30N4O3. The van der Waals surface area contributed by atoms with Crippen LogP contribution < -0.4 is 22.1 Å². The molecule has 0 rings (SSSR count). The Morgan fingerprint density at radius 2 is 1.96 bits per heavy atom. The summed E-state index contributed by atoms with van der Waals surface area (Å²) in [5, 5.41) is 15.2. The number of aliphatic hydroxyl groups excluding tert-OH is 1. The fraction of sp³-hybridized carbons (Fsp3) is 0.625. The Kier molecular flexibility index (Phi) is 12.9. The first-order chi connectivity index (χ1) is 11.0. The highest BCUT2D eigenvalue weighted by molar-refractivity contribution is 5.87. The molecule has 23 heavy (non-hydrogen) atoms. The van der Waals surface area contributed by atoms with Crippen LogP contribution in [0.5, 0.6) is 0 Å². The van der Waals surface area contributed by atoms with Gasteiger partial charge in [0.15, 0.2) is 0 Å². The van der Waals surface area contributed by atoms with Crippen LogP contribution in [0.3, 0.4) is 0 Å². The molecule has 7 heteroatoms. The van der Waals surface area contributed by atoms with E-state index in [2.05, 4.69) is 10.6 Å². The van der Waals surface area contributed by atoms with Crippen molar-refractivity contribution < 1.29 is 14.7 Å². The predicted octanol–water partition coefficient (Wildman–Crippen LogP) is -0.442. The van der Waals surface area contributed by atoms with Crippen LogP contribution in [0.1, 0.15) is 32.6 Å². The fourth-order valence-electron chi connectivity index (χ4n) is 1.85. The molecule has 0 aromatic heterocycles. The van der Waals surface area contributed by atoms with E-state index in [1.54, 1.807) is 18.2 Å². The summed E-state index contributed by atoms with van der Waals surface area (Å²) in [7, 11) is 0. The molecule has 7 nitrogen and oxygen atoms in total. The molecule has 0 unspecified atom stereocenters. The highest BCUT2D eigenvalue weighted by Crippen LogP contribution is 2.00. The van der Waals surface area contributed by atoms with Crippen LogP contribution in [0.4, 0.5) is 0 Å². The van der Waals surface area contributed by atoms with Crippen LogP contribution in [-0.2, 0) is 9.59 Å². The van der Waals surface area contributed by atoms with Crippen LogP contribution in [0.15, 0.2) is 24.3 Å².